The molecule has 0 fully saturated rings. The number of fused-ring (bicyclic) bond motifs is 1. The third-order valence-corrected chi connectivity index (χ3v) is 4.19. The van der Waals surface area contributed by atoms with Gasteiger partial charge in [0.2, 0.25) is 5.89 Å². The van der Waals surface area contributed by atoms with Crippen molar-refractivity contribution in [2.24, 2.45) is 5.92 Å². The van der Waals surface area contributed by atoms with Crippen LogP contribution in [0, 0.1) is 5.92 Å². The molecule has 2 amide bonds. The van der Waals surface area contributed by atoms with E-state index in [0.717, 1.165) is 23.0 Å². The van der Waals surface area contributed by atoms with Gasteiger partial charge in [-0.25, -0.2) is 4.79 Å². The van der Waals surface area contributed by atoms with Gasteiger partial charge in [-0.05, 0) is 25.0 Å². The van der Waals surface area contributed by atoms with Gasteiger partial charge in [0.25, 0.3) is 0 Å². The minimum atomic E-state index is -0.363. The Bertz CT molecular complexity index is 921. The summed E-state index contributed by atoms with van der Waals surface area (Å²) in [5, 5.41) is 7.93. The molecular weight excluding hydrogens is 342 g/mol. The molecule has 0 saturated carbocycles. The van der Waals surface area contributed by atoms with Crippen LogP contribution in [0.5, 0.6) is 0 Å². The molecule has 7 heteroatoms. The van der Waals surface area contributed by atoms with Crippen LogP contribution in [0.15, 0.2) is 40.9 Å². The van der Waals surface area contributed by atoms with E-state index in [4.69, 9.17) is 4.52 Å². The van der Waals surface area contributed by atoms with Crippen LogP contribution < -0.4 is 5.32 Å². The second kappa shape index (κ2) is 8.16. The predicted molar refractivity (Wildman–Crippen MR) is 103 cm³/mol. The van der Waals surface area contributed by atoms with Crippen LogP contribution in [0.1, 0.15) is 44.2 Å². The van der Waals surface area contributed by atoms with Gasteiger partial charge in [-0.15, -0.1) is 0 Å². The zero-order valence-corrected chi connectivity index (χ0v) is 16.1. The molecule has 3 rings (SSSR count). The van der Waals surface area contributed by atoms with Gasteiger partial charge in [0.1, 0.15) is 6.04 Å². The number of hydrogen-bond acceptors (Lipinski definition) is 5. The Morgan fingerprint density at radius 1 is 1.15 bits per heavy atom. The van der Waals surface area contributed by atoms with Gasteiger partial charge in [0, 0.05) is 18.9 Å². The van der Waals surface area contributed by atoms with E-state index in [1.807, 2.05) is 43.3 Å². The summed E-state index contributed by atoms with van der Waals surface area (Å²) in [5.41, 5.74) is 1.75. The number of carbonyl (C=O) groups excluding carboxylic acids is 1. The molecule has 142 valence electrons. The molecule has 0 aliphatic rings. The maximum atomic E-state index is 12.5. The predicted octanol–water partition coefficient (Wildman–Crippen LogP) is 3.72. The lowest BCUT2D eigenvalue weighted by molar-refractivity contribution is 0.200. The number of benzene rings is 1. The summed E-state index contributed by atoms with van der Waals surface area (Å²) < 4.78 is 5.27. The Hall–Kier alpha value is -2.96. The van der Waals surface area contributed by atoms with Gasteiger partial charge in [-0.3, -0.25) is 4.98 Å². The molecular formula is C20H25N5O2. The van der Waals surface area contributed by atoms with E-state index in [2.05, 4.69) is 34.3 Å². The fraction of sp³-hybridized carbons (Fsp3) is 0.400. The third-order valence-electron chi connectivity index (χ3n) is 4.19. The summed E-state index contributed by atoms with van der Waals surface area (Å²) in [7, 11) is 1.73. The fourth-order valence-electron chi connectivity index (χ4n) is 2.76. The standard InChI is InChI=1S/C20H25N5O2/c1-13(2)11-18-23-19(27-24-18)14(3)21-20(26)25(4)12-16-10-9-15-7-5-6-8-17(15)22-16/h5-10,13-14H,11-12H2,1-4H3,(H,21,26)/t14-/m0/s1. The summed E-state index contributed by atoms with van der Waals surface area (Å²) >= 11 is 0. The van der Waals surface area contributed by atoms with Crippen molar-refractivity contribution in [1.29, 1.82) is 0 Å². The first-order chi connectivity index (χ1) is 12.9. The van der Waals surface area contributed by atoms with Crippen molar-refractivity contribution in [2.45, 2.75) is 39.8 Å². The van der Waals surface area contributed by atoms with E-state index in [-0.39, 0.29) is 12.1 Å². The SMILES string of the molecule is CC(C)Cc1noc([C@H](C)NC(=O)N(C)Cc2ccc3ccccc3n2)n1. The van der Waals surface area contributed by atoms with E-state index in [9.17, 15) is 4.79 Å². The van der Waals surface area contributed by atoms with E-state index in [1.54, 1.807) is 11.9 Å². The zero-order chi connectivity index (χ0) is 19.4. The highest BCUT2D eigenvalue weighted by molar-refractivity contribution is 5.78. The van der Waals surface area contributed by atoms with Crippen molar-refractivity contribution in [3.63, 3.8) is 0 Å². The number of amides is 2. The van der Waals surface area contributed by atoms with Crippen molar-refractivity contribution in [1.82, 2.24) is 25.3 Å². The first-order valence-corrected chi connectivity index (χ1v) is 9.11. The minimum Gasteiger partial charge on any atom is -0.337 e. The molecule has 0 radical (unpaired) electrons. The maximum absolute atomic E-state index is 12.5. The molecule has 3 aromatic rings. The molecule has 1 aromatic carbocycles. The largest absolute Gasteiger partial charge is 0.337 e. The maximum Gasteiger partial charge on any atom is 0.318 e. The fourth-order valence-corrected chi connectivity index (χ4v) is 2.76. The Balaban J connectivity index is 1.60. The summed E-state index contributed by atoms with van der Waals surface area (Å²) in [5.74, 6) is 1.52. The van der Waals surface area contributed by atoms with Crippen molar-refractivity contribution >= 4 is 16.9 Å². The van der Waals surface area contributed by atoms with Crippen molar-refractivity contribution in [2.75, 3.05) is 7.05 Å². The van der Waals surface area contributed by atoms with E-state index >= 15 is 0 Å². The number of carbonyl (C=O) groups is 1. The Morgan fingerprint density at radius 3 is 2.70 bits per heavy atom. The van der Waals surface area contributed by atoms with E-state index in [0.29, 0.717) is 24.2 Å². The Labute approximate surface area is 158 Å². The monoisotopic (exact) mass is 367 g/mol. The number of nitrogens with one attached hydrogen (secondary N) is 1. The highest BCUT2D eigenvalue weighted by Crippen LogP contribution is 2.14. The molecule has 0 saturated heterocycles. The molecule has 0 unspecified atom stereocenters. The molecule has 0 aliphatic carbocycles. The first kappa shape index (κ1) is 18.8. The van der Waals surface area contributed by atoms with Crippen molar-refractivity contribution < 1.29 is 9.32 Å². The number of urea groups is 1. The van der Waals surface area contributed by atoms with Gasteiger partial charge in [-0.2, -0.15) is 4.98 Å². The number of rotatable bonds is 6. The second-order valence-corrected chi connectivity index (χ2v) is 7.17. The first-order valence-electron chi connectivity index (χ1n) is 9.11. The van der Waals surface area contributed by atoms with Crippen LogP contribution in [-0.4, -0.2) is 33.1 Å². The number of hydrogen-bond donors (Lipinski definition) is 1. The molecule has 0 aliphatic heterocycles. The molecule has 0 bridgehead atoms. The molecule has 1 N–H and O–H groups in total. The summed E-state index contributed by atoms with van der Waals surface area (Å²) in [6, 6.07) is 11.3. The molecule has 27 heavy (non-hydrogen) atoms. The quantitative estimate of drug-likeness (QED) is 0.718. The normalized spacial score (nSPS) is 12.3. The number of aromatic nitrogens is 3. The van der Waals surface area contributed by atoms with Crippen LogP contribution >= 0.6 is 0 Å². The second-order valence-electron chi connectivity index (χ2n) is 7.17. The lowest BCUT2D eigenvalue weighted by Gasteiger charge is -2.19. The van der Waals surface area contributed by atoms with Crippen molar-refractivity contribution in [3.8, 4) is 0 Å². The molecule has 0 spiro atoms. The Kier molecular flexibility index (Phi) is 5.69. The summed E-state index contributed by atoms with van der Waals surface area (Å²) in [4.78, 5) is 23.0. The smallest absolute Gasteiger partial charge is 0.318 e. The minimum absolute atomic E-state index is 0.221. The summed E-state index contributed by atoms with van der Waals surface area (Å²) in [6.07, 6.45) is 0.748. The van der Waals surface area contributed by atoms with Crippen LogP contribution in [-0.2, 0) is 13.0 Å². The average molecular weight is 367 g/mol. The highest BCUT2D eigenvalue weighted by Gasteiger charge is 2.19. The highest BCUT2D eigenvalue weighted by atomic mass is 16.5. The van der Waals surface area contributed by atoms with Gasteiger partial charge in [0.15, 0.2) is 5.82 Å². The summed E-state index contributed by atoms with van der Waals surface area (Å²) in [6.45, 7) is 6.42. The van der Waals surface area contributed by atoms with Gasteiger partial charge >= 0.3 is 6.03 Å². The van der Waals surface area contributed by atoms with Gasteiger partial charge < -0.3 is 14.7 Å². The van der Waals surface area contributed by atoms with Gasteiger partial charge in [-0.1, -0.05) is 43.3 Å². The van der Waals surface area contributed by atoms with Crippen molar-refractivity contribution in [3.05, 3.63) is 53.8 Å². The zero-order valence-electron chi connectivity index (χ0n) is 16.1. The molecule has 7 nitrogen and oxygen atoms in total. The van der Waals surface area contributed by atoms with E-state index < -0.39 is 0 Å². The molecule has 2 heterocycles. The van der Waals surface area contributed by atoms with Crippen LogP contribution in [0.2, 0.25) is 0 Å². The van der Waals surface area contributed by atoms with Gasteiger partial charge in [0.05, 0.1) is 17.8 Å². The number of pyridine rings is 1. The van der Waals surface area contributed by atoms with Crippen LogP contribution in [0.4, 0.5) is 4.79 Å². The topological polar surface area (TPSA) is 84.2 Å². The number of para-hydroxylation sites is 1. The lowest BCUT2D eigenvalue weighted by atomic mass is 10.1. The van der Waals surface area contributed by atoms with E-state index in [1.165, 1.54) is 0 Å². The van der Waals surface area contributed by atoms with Crippen LogP contribution in [0.25, 0.3) is 10.9 Å². The van der Waals surface area contributed by atoms with Crippen LogP contribution in [0.3, 0.4) is 0 Å². The number of nitrogens with zero attached hydrogens (tertiary/aromatic N) is 4. The lowest BCUT2D eigenvalue weighted by Crippen LogP contribution is -2.38. The Morgan fingerprint density at radius 2 is 1.93 bits per heavy atom. The average Bonchev–Trinajstić information content (AvgIpc) is 3.09. The third kappa shape index (κ3) is 4.81. The molecule has 1 atom stereocenters. The molecule has 2 aromatic heterocycles.